The predicted octanol–water partition coefficient (Wildman–Crippen LogP) is 3.32. The first-order valence-corrected chi connectivity index (χ1v) is 8.25. The van der Waals surface area contributed by atoms with Gasteiger partial charge in [0.25, 0.3) is 0 Å². The molecular weight excluding hydrogens is 260 g/mol. The zero-order valence-corrected chi connectivity index (χ0v) is 13.1. The molecule has 21 heavy (non-hydrogen) atoms. The number of benzene rings is 1. The summed E-state index contributed by atoms with van der Waals surface area (Å²) in [5, 5.41) is 1.44. The summed E-state index contributed by atoms with van der Waals surface area (Å²) in [5.41, 5.74) is 2.90. The van der Waals surface area contributed by atoms with Gasteiger partial charge in [-0.05, 0) is 37.4 Å². The highest BCUT2D eigenvalue weighted by Crippen LogP contribution is 2.23. The summed E-state index contributed by atoms with van der Waals surface area (Å²) in [6.07, 6.45) is 5.97. The van der Waals surface area contributed by atoms with E-state index < -0.39 is 0 Å². The molecular formula is C18H26N2O. The molecule has 2 heterocycles. The fourth-order valence-corrected chi connectivity index (χ4v) is 3.27. The van der Waals surface area contributed by atoms with Crippen molar-refractivity contribution in [2.75, 3.05) is 32.8 Å². The first-order chi connectivity index (χ1) is 10.4. The normalized spacial score (nSPS) is 16.6. The second-order valence-electron chi connectivity index (χ2n) is 5.92. The molecule has 0 atom stereocenters. The molecule has 0 spiro atoms. The Morgan fingerprint density at radius 2 is 1.90 bits per heavy atom. The molecule has 114 valence electrons. The first-order valence-electron chi connectivity index (χ1n) is 8.25. The maximum Gasteiger partial charge on any atom is 0.0594 e. The molecule has 0 radical (unpaired) electrons. The van der Waals surface area contributed by atoms with E-state index in [4.69, 9.17) is 4.74 Å². The molecule has 1 aromatic carbocycles. The number of para-hydroxylation sites is 1. The fourth-order valence-electron chi connectivity index (χ4n) is 3.27. The molecule has 0 aliphatic carbocycles. The molecule has 1 aliphatic rings. The third-order valence-corrected chi connectivity index (χ3v) is 4.36. The Bertz CT molecular complexity index is 570. The molecule has 3 nitrogen and oxygen atoms in total. The van der Waals surface area contributed by atoms with E-state index in [1.165, 1.54) is 42.3 Å². The molecule has 0 unspecified atom stereocenters. The summed E-state index contributed by atoms with van der Waals surface area (Å²) in [6.45, 7) is 8.54. The van der Waals surface area contributed by atoms with E-state index in [1.807, 2.05) is 0 Å². The third kappa shape index (κ3) is 3.47. The van der Waals surface area contributed by atoms with Crippen molar-refractivity contribution < 1.29 is 4.74 Å². The second kappa shape index (κ2) is 7.10. The molecule has 0 N–H and O–H groups in total. The maximum atomic E-state index is 5.41. The van der Waals surface area contributed by atoms with Gasteiger partial charge in [-0.25, -0.2) is 0 Å². The average Bonchev–Trinajstić information content (AvgIpc) is 2.87. The summed E-state index contributed by atoms with van der Waals surface area (Å²) in [5.74, 6) is 0. The number of hydrogen-bond donors (Lipinski definition) is 0. The first kappa shape index (κ1) is 14.6. The average molecular weight is 286 g/mol. The van der Waals surface area contributed by atoms with Gasteiger partial charge in [-0.15, -0.1) is 0 Å². The van der Waals surface area contributed by atoms with Crippen molar-refractivity contribution in [3.05, 3.63) is 36.0 Å². The van der Waals surface area contributed by atoms with Gasteiger partial charge in [0, 0.05) is 36.7 Å². The largest absolute Gasteiger partial charge is 0.379 e. The molecule has 0 amide bonds. The Balaban J connectivity index is 1.65. The summed E-state index contributed by atoms with van der Waals surface area (Å²) in [7, 11) is 0. The Kier molecular flexibility index (Phi) is 4.94. The summed E-state index contributed by atoms with van der Waals surface area (Å²) < 4.78 is 7.82. The Labute approximate surface area is 127 Å². The number of aryl methyl sites for hydroxylation is 2. The van der Waals surface area contributed by atoms with Crippen LogP contribution in [0.15, 0.2) is 30.5 Å². The number of hydrogen-bond acceptors (Lipinski definition) is 2. The lowest BCUT2D eigenvalue weighted by molar-refractivity contribution is 0.0375. The van der Waals surface area contributed by atoms with Gasteiger partial charge in [0.05, 0.1) is 13.2 Å². The molecule has 3 heteroatoms. The van der Waals surface area contributed by atoms with Gasteiger partial charge in [-0.2, -0.15) is 0 Å². The highest BCUT2D eigenvalue weighted by atomic mass is 16.5. The second-order valence-corrected chi connectivity index (χ2v) is 5.92. The topological polar surface area (TPSA) is 17.4 Å². The Morgan fingerprint density at radius 1 is 1.10 bits per heavy atom. The van der Waals surface area contributed by atoms with Gasteiger partial charge in [0.15, 0.2) is 0 Å². The van der Waals surface area contributed by atoms with Crippen LogP contribution in [0.25, 0.3) is 10.9 Å². The predicted molar refractivity (Wildman–Crippen MR) is 87.8 cm³/mol. The highest BCUT2D eigenvalue weighted by molar-refractivity contribution is 5.83. The standard InChI is InChI=1S/C18H26N2O/c1-2-9-20-15-16(17-7-3-4-8-18(17)20)6-5-10-19-11-13-21-14-12-19/h3-4,7-8,15H,2,5-6,9-14H2,1H3. The van der Waals surface area contributed by atoms with E-state index in [-0.39, 0.29) is 0 Å². The summed E-state index contributed by atoms with van der Waals surface area (Å²) >= 11 is 0. The van der Waals surface area contributed by atoms with Gasteiger partial charge in [-0.1, -0.05) is 25.1 Å². The molecule has 2 aromatic rings. The van der Waals surface area contributed by atoms with Crippen molar-refractivity contribution in [3.63, 3.8) is 0 Å². The lowest BCUT2D eigenvalue weighted by atomic mass is 10.1. The van der Waals surface area contributed by atoms with E-state index in [1.54, 1.807) is 0 Å². The number of morpholine rings is 1. The maximum absolute atomic E-state index is 5.41. The molecule has 0 saturated carbocycles. The molecule has 1 aliphatic heterocycles. The molecule has 0 bridgehead atoms. The van der Waals surface area contributed by atoms with Crippen LogP contribution in [0.5, 0.6) is 0 Å². The number of aromatic nitrogens is 1. The molecule has 3 rings (SSSR count). The van der Waals surface area contributed by atoms with E-state index in [0.717, 1.165) is 32.8 Å². The van der Waals surface area contributed by atoms with Crippen LogP contribution in [0.1, 0.15) is 25.3 Å². The van der Waals surface area contributed by atoms with Crippen molar-refractivity contribution in [3.8, 4) is 0 Å². The van der Waals surface area contributed by atoms with Crippen molar-refractivity contribution in [1.29, 1.82) is 0 Å². The third-order valence-electron chi connectivity index (χ3n) is 4.36. The van der Waals surface area contributed by atoms with Crippen molar-refractivity contribution >= 4 is 10.9 Å². The van der Waals surface area contributed by atoms with Gasteiger partial charge < -0.3 is 9.30 Å². The summed E-state index contributed by atoms with van der Waals surface area (Å²) in [6, 6.07) is 8.82. The van der Waals surface area contributed by atoms with Crippen molar-refractivity contribution in [1.82, 2.24) is 9.47 Å². The lowest BCUT2D eigenvalue weighted by Gasteiger charge is -2.26. The minimum Gasteiger partial charge on any atom is -0.379 e. The van der Waals surface area contributed by atoms with Crippen LogP contribution in [0, 0.1) is 0 Å². The minimum atomic E-state index is 0.899. The van der Waals surface area contributed by atoms with Gasteiger partial charge in [0.1, 0.15) is 0 Å². The Morgan fingerprint density at radius 3 is 2.71 bits per heavy atom. The number of nitrogens with zero attached hydrogens (tertiary/aromatic N) is 2. The van der Waals surface area contributed by atoms with Crippen LogP contribution in [0.3, 0.4) is 0 Å². The molecule has 1 aromatic heterocycles. The SMILES string of the molecule is CCCn1cc(CCCN2CCOCC2)c2ccccc21. The molecule has 1 fully saturated rings. The fraction of sp³-hybridized carbons (Fsp3) is 0.556. The smallest absolute Gasteiger partial charge is 0.0594 e. The van der Waals surface area contributed by atoms with Crippen molar-refractivity contribution in [2.24, 2.45) is 0 Å². The quantitative estimate of drug-likeness (QED) is 0.810. The van der Waals surface area contributed by atoms with Gasteiger partial charge in [-0.3, -0.25) is 4.90 Å². The van der Waals surface area contributed by atoms with Crippen LogP contribution in [0.4, 0.5) is 0 Å². The van der Waals surface area contributed by atoms with Crippen molar-refractivity contribution in [2.45, 2.75) is 32.7 Å². The van der Waals surface area contributed by atoms with Crippen LogP contribution < -0.4 is 0 Å². The van der Waals surface area contributed by atoms with E-state index in [9.17, 15) is 0 Å². The van der Waals surface area contributed by atoms with Gasteiger partial charge in [0.2, 0.25) is 0 Å². The zero-order valence-electron chi connectivity index (χ0n) is 13.1. The van der Waals surface area contributed by atoms with Crippen LogP contribution in [-0.4, -0.2) is 42.3 Å². The highest BCUT2D eigenvalue weighted by Gasteiger charge is 2.11. The van der Waals surface area contributed by atoms with E-state index in [0.29, 0.717) is 0 Å². The van der Waals surface area contributed by atoms with Crippen LogP contribution in [0.2, 0.25) is 0 Å². The van der Waals surface area contributed by atoms with E-state index in [2.05, 4.69) is 46.9 Å². The number of rotatable bonds is 6. The molecule has 1 saturated heterocycles. The number of ether oxygens (including phenoxy) is 1. The summed E-state index contributed by atoms with van der Waals surface area (Å²) in [4.78, 5) is 2.52. The lowest BCUT2D eigenvalue weighted by Crippen LogP contribution is -2.36. The monoisotopic (exact) mass is 286 g/mol. The Hall–Kier alpha value is -1.32. The van der Waals surface area contributed by atoms with E-state index >= 15 is 0 Å². The van der Waals surface area contributed by atoms with Crippen LogP contribution in [-0.2, 0) is 17.7 Å². The zero-order chi connectivity index (χ0) is 14.5. The number of fused-ring (bicyclic) bond motifs is 1. The minimum absolute atomic E-state index is 0.899. The van der Waals surface area contributed by atoms with Gasteiger partial charge >= 0.3 is 0 Å². The van der Waals surface area contributed by atoms with Crippen LogP contribution >= 0.6 is 0 Å².